The molecule has 20 heavy (non-hydrogen) atoms. The molecule has 0 saturated heterocycles. The lowest BCUT2D eigenvalue weighted by Crippen LogP contribution is -2.31. The standard InChI is InChI=1S/C15H17NO4/c1-3-20-14(18)10-16-15(19)13-9-12(5-4-8-17)7-6-11(13)2/h6-7,9,17H,3,8,10H2,1-2H3,(H,16,19). The number of hydrogen-bond acceptors (Lipinski definition) is 4. The molecule has 0 aromatic heterocycles. The van der Waals surface area contributed by atoms with Gasteiger partial charge in [0.1, 0.15) is 13.2 Å². The number of aliphatic hydroxyl groups is 1. The van der Waals surface area contributed by atoms with Crippen LogP contribution in [0.1, 0.15) is 28.4 Å². The lowest BCUT2D eigenvalue weighted by atomic mass is 10.0. The summed E-state index contributed by atoms with van der Waals surface area (Å²) in [6, 6.07) is 5.15. The Labute approximate surface area is 117 Å². The summed E-state index contributed by atoms with van der Waals surface area (Å²) in [4.78, 5) is 23.2. The van der Waals surface area contributed by atoms with Gasteiger partial charge in [0.2, 0.25) is 0 Å². The van der Waals surface area contributed by atoms with E-state index >= 15 is 0 Å². The summed E-state index contributed by atoms with van der Waals surface area (Å²) < 4.78 is 4.73. The van der Waals surface area contributed by atoms with Gasteiger partial charge in [-0.15, -0.1) is 0 Å². The Balaban J connectivity index is 2.79. The first-order valence-corrected chi connectivity index (χ1v) is 6.22. The van der Waals surface area contributed by atoms with Crippen LogP contribution in [-0.2, 0) is 9.53 Å². The van der Waals surface area contributed by atoms with Crippen LogP contribution < -0.4 is 5.32 Å². The number of esters is 1. The number of ether oxygens (including phenoxy) is 1. The van der Waals surface area contributed by atoms with Crippen LogP contribution in [0.4, 0.5) is 0 Å². The molecule has 0 radical (unpaired) electrons. The van der Waals surface area contributed by atoms with Crippen LogP contribution in [0.5, 0.6) is 0 Å². The molecule has 1 rings (SSSR count). The van der Waals surface area contributed by atoms with Crippen LogP contribution in [-0.4, -0.2) is 36.7 Å². The van der Waals surface area contributed by atoms with Gasteiger partial charge in [0, 0.05) is 11.1 Å². The van der Waals surface area contributed by atoms with E-state index in [1.807, 2.05) is 0 Å². The van der Waals surface area contributed by atoms with Crippen molar-refractivity contribution < 1.29 is 19.4 Å². The zero-order chi connectivity index (χ0) is 15.0. The number of carbonyl (C=O) groups excluding carboxylic acids is 2. The molecule has 1 aromatic carbocycles. The van der Waals surface area contributed by atoms with Crippen molar-refractivity contribution in [1.82, 2.24) is 5.32 Å². The Morgan fingerprint density at radius 1 is 1.40 bits per heavy atom. The summed E-state index contributed by atoms with van der Waals surface area (Å²) in [5.41, 5.74) is 1.85. The molecule has 5 nitrogen and oxygen atoms in total. The molecule has 106 valence electrons. The Morgan fingerprint density at radius 3 is 2.80 bits per heavy atom. The number of carbonyl (C=O) groups is 2. The van der Waals surface area contributed by atoms with E-state index in [1.54, 1.807) is 32.0 Å². The predicted molar refractivity (Wildman–Crippen MR) is 74.1 cm³/mol. The number of rotatable bonds is 4. The first-order chi connectivity index (χ1) is 9.58. The molecule has 0 fully saturated rings. The highest BCUT2D eigenvalue weighted by Gasteiger charge is 2.11. The number of aliphatic hydroxyl groups excluding tert-OH is 1. The average Bonchev–Trinajstić information content (AvgIpc) is 2.44. The third kappa shape index (κ3) is 4.75. The van der Waals surface area contributed by atoms with Gasteiger partial charge >= 0.3 is 5.97 Å². The molecule has 0 unspecified atom stereocenters. The Kier molecular flexibility index (Phi) is 6.27. The molecule has 0 saturated carbocycles. The molecule has 1 aromatic rings. The SMILES string of the molecule is CCOC(=O)CNC(=O)c1cc(C#CCO)ccc1C. The minimum absolute atomic E-state index is 0.168. The van der Waals surface area contributed by atoms with Crippen molar-refractivity contribution in [1.29, 1.82) is 0 Å². The maximum absolute atomic E-state index is 12.0. The van der Waals surface area contributed by atoms with E-state index < -0.39 is 5.97 Å². The van der Waals surface area contributed by atoms with Crippen molar-refractivity contribution in [2.75, 3.05) is 19.8 Å². The van der Waals surface area contributed by atoms with Gasteiger partial charge in [-0.05, 0) is 31.5 Å². The second-order valence-electron chi connectivity index (χ2n) is 3.98. The van der Waals surface area contributed by atoms with Gasteiger partial charge in [0.05, 0.1) is 6.61 Å². The number of nitrogens with one attached hydrogen (secondary N) is 1. The van der Waals surface area contributed by atoms with E-state index in [0.717, 1.165) is 5.56 Å². The molecule has 5 heteroatoms. The normalized spacial score (nSPS) is 9.35. The van der Waals surface area contributed by atoms with Gasteiger partial charge in [0.25, 0.3) is 5.91 Å². The van der Waals surface area contributed by atoms with E-state index in [0.29, 0.717) is 11.1 Å². The van der Waals surface area contributed by atoms with Crippen molar-refractivity contribution in [3.05, 3.63) is 34.9 Å². The topological polar surface area (TPSA) is 75.6 Å². The maximum atomic E-state index is 12.0. The van der Waals surface area contributed by atoms with Gasteiger partial charge in [-0.3, -0.25) is 9.59 Å². The lowest BCUT2D eigenvalue weighted by Gasteiger charge is -2.08. The predicted octanol–water partition coefficient (Wildman–Crippen LogP) is 0.632. The smallest absolute Gasteiger partial charge is 0.325 e. The van der Waals surface area contributed by atoms with Crippen LogP contribution in [0.2, 0.25) is 0 Å². The number of hydrogen-bond donors (Lipinski definition) is 2. The molecule has 0 heterocycles. The number of amides is 1. The molecule has 2 N–H and O–H groups in total. The fraction of sp³-hybridized carbons (Fsp3) is 0.333. The minimum atomic E-state index is -0.477. The molecule has 0 atom stereocenters. The molecule has 0 bridgehead atoms. The number of benzene rings is 1. The fourth-order valence-electron chi connectivity index (χ4n) is 1.55. The third-order valence-corrected chi connectivity index (χ3v) is 2.49. The van der Waals surface area contributed by atoms with Gasteiger partial charge in [-0.25, -0.2) is 0 Å². The van der Waals surface area contributed by atoms with Gasteiger partial charge in [-0.1, -0.05) is 17.9 Å². The van der Waals surface area contributed by atoms with E-state index in [1.165, 1.54) is 0 Å². The third-order valence-electron chi connectivity index (χ3n) is 2.49. The van der Waals surface area contributed by atoms with E-state index in [9.17, 15) is 9.59 Å². The summed E-state index contributed by atoms with van der Waals surface area (Å²) in [5, 5.41) is 11.1. The van der Waals surface area contributed by atoms with Crippen molar-refractivity contribution in [2.45, 2.75) is 13.8 Å². The quantitative estimate of drug-likeness (QED) is 0.624. The molecule has 0 aliphatic heterocycles. The fourth-order valence-corrected chi connectivity index (χ4v) is 1.55. The second-order valence-corrected chi connectivity index (χ2v) is 3.98. The van der Waals surface area contributed by atoms with E-state index in [4.69, 9.17) is 9.84 Å². The Morgan fingerprint density at radius 2 is 2.15 bits per heavy atom. The summed E-state index contributed by atoms with van der Waals surface area (Å²) in [6.45, 7) is 3.37. The highest BCUT2D eigenvalue weighted by molar-refractivity contribution is 5.97. The summed E-state index contributed by atoms with van der Waals surface area (Å²) in [7, 11) is 0. The van der Waals surface area contributed by atoms with Crippen molar-refractivity contribution in [2.24, 2.45) is 0 Å². The minimum Gasteiger partial charge on any atom is -0.465 e. The maximum Gasteiger partial charge on any atom is 0.325 e. The van der Waals surface area contributed by atoms with E-state index in [2.05, 4.69) is 17.2 Å². The second kappa shape index (κ2) is 7.97. The van der Waals surface area contributed by atoms with Crippen LogP contribution in [0, 0.1) is 18.8 Å². The number of aryl methyl sites for hydroxylation is 1. The average molecular weight is 275 g/mol. The Bertz CT molecular complexity index is 555. The van der Waals surface area contributed by atoms with Crippen LogP contribution in [0.15, 0.2) is 18.2 Å². The van der Waals surface area contributed by atoms with Gasteiger partial charge < -0.3 is 15.2 Å². The Hall–Kier alpha value is -2.32. The van der Waals surface area contributed by atoms with Gasteiger partial charge in [-0.2, -0.15) is 0 Å². The molecule has 0 aliphatic carbocycles. The van der Waals surface area contributed by atoms with Crippen LogP contribution >= 0.6 is 0 Å². The zero-order valence-electron chi connectivity index (χ0n) is 11.5. The highest BCUT2D eigenvalue weighted by Crippen LogP contribution is 2.10. The highest BCUT2D eigenvalue weighted by atomic mass is 16.5. The molecule has 0 spiro atoms. The molecular weight excluding hydrogens is 258 g/mol. The summed E-state index contributed by atoms with van der Waals surface area (Å²) >= 11 is 0. The lowest BCUT2D eigenvalue weighted by molar-refractivity contribution is -0.141. The monoisotopic (exact) mass is 275 g/mol. The van der Waals surface area contributed by atoms with Crippen LogP contribution in [0.3, 0.4) is 0 Å². The first-order valence-electron chi connectivity index (χ1n) is 6.22. The summed E-state index contributed by atoms with van der Waals surface area (Å²) in [5.74, 6) is 4.41. The largest absolute Gasteiger partial charge is 0.465 e. The molecular formula is C15H17NO4. The molecule has 1 amide bonds. The van der Waals surface area contributed by atoms with Crippen molar-refractivity contribution in [3.8, 4) is 11.8 Å². The zero-order valence-corrected chi connectivity index (χ0v) is 11.5. The van der Waals surface area contributed by atoms with E-state index in [-0.39, 0.29) is 25.7 Å². The van der Waals surface area contributed by atoms with Crippen LogP contribution in [0.25, 0.3) is 0 Å². The first kappa shape index (κ1) is 15.7. The molecule has 0 aliphatic rings. The van der Waals surface area contributed by atoms with Gasteiger partial charge in [0.15, 0.2) is 0 Å². The van der Waals surface area contributed by atoms with Crippen molar-refractivity contribution in [3.63, 3.8) is 0 Å². The van der Waals surface area contributed by atoms with Crippen molar-refractivity contribution >= 4 is 11.9 Å². The summed E-state index contributed by atoms with van der Waals surface area (Å²) in [6.07, 6.45) is 0.